The van der Waals surface area contributed by atoms with Gasteiger partial charge in [-0.2, -0.15) is 0 Å². The maximum atomic E-state index is 12.8. The number of imide groups is 2. The highest BCUT2D eigenvalue weighted by Gasteiger charge is 2.58. The van der Waals surface area contributed by atoms with Gasteiger partial charge < -0.3 is 0 Å². The quantitative estimate of drug-likeness (QED) is 0.569. The van der Waals surface area contributed by atoms with Crippen molar-refractivity contribution in [1.29, 1.82) is 0 Å². The molecule has 2 heterocycles. The van der Waals surface area contributed by atoms with E-state index in [1.807, 2.05) is 38.2 Å². The monoisotopic (exact) mass is 356 g/mol. The SMILES string of the molecule is C[C@]12CC=CC[C@@H]1C(=O)N(CCN1C(=O)[C@H]3CC=CC[C@]3(C)C1=O)C2=O. The molecule has 138 valence electrons. The Morgan fingerprint density at radius 1 is 0.769 bits per heavy atom. The molecule has 6 heteroatoms. The Morgan fingerprint density at radius 2 is 1.15 bits per heavy atom. The first-order chi connectivity index (χ1) is 12.3. The van der Waals surface area contributed by atoms with Crippen LogP contribution in [0.3, 0.4) is 0 Å². The van der Waals surface area contributed by atoms with Gasteiger partial charge in [0.15, 0.2) is 0 Å². The molecule has 2 aliphatic heterocycles. The van der Waals surface area contributed by atoms with Gasteiger partial charge in [0, 0.05) is 13.1 Å². The molecule has 2 aliphatic carbocycles. The predicted molar refractivity (Wildman–Crippen MR) is 93.4 cm³/mol. The third kappa shape index (κ3) is 2.10. The van der Waals surface area contributed by atoms with Crippen molar-refractivity contribution in [2.75, 3.05) is 13.1 Å². The second kappa shape index (κ2) is 5.63. The number of hydrogen-bond donors (Lipinski definition) is 0. The highest BCUT2D eigenvalue weighted by Crippen LogP contribution is 2.47. The van der Waals surface area contributed by atoms with E-state index in [4.69, 9.17) is 0 Å². The minimum absolute atomic E-state index is 0.0947. The molecule has 4 amide bonds. The van der Waals surface area contributed by atoms with Crippen LogP contribution in [0, 0.1) is 22.7 Å². The molecule has 4 rings (SSSR count). The number of nitrogens with zero attached hydrogens (tertiary/aromatic N) is 2. The number of carbonyl (C=O) groups excluding carboxylic acids is 4. The molecule has 0 spiro atoms. The number of fused-ring (bicyclic) bond motifs is 2. The van der Waals surface area contributed by atoms with Crippen molar-refractivity contribution in [3.8, 4) is 0 Å². The number of rotatable bonds is 3. The van der Waals surface area contributed by atoms with Gasteiger partial charge in [0.05, 0.1) is 22.7 Å². The minimum Gasteiger partial charge on any atom is -0.280 e. The summed E-state index contributed by atoms with van der Waals surface area (Å²) in [5.74, 6) is -1.36. The van der Waals surface area contributed by atoms with E-state index in [-0.39, 0.29) is 48.6 Å². The van der Waals surface area contributed by atoms with E-state index in [1.165, 1.54) is 9.80 Å². The molecule has 0 bridgehead atoms. The second-order valence-corrected chi connectivity index (χ2v) is 8.35. The molecule has 4 aliphatic rings. The molecule has 0 aromatic carbocycles. The highest BCUT2D eigenvalue weighted by atomic mass is 16.2. The van der Waals surface area contributed by atoms with Crippen molar-refractivity contribution in [2.24, 2.45) is 22.7 Å². The maximum Gasteiger partial charge on any atom is 0.236 e. The molecular formula is C20H24N2O4. The van der Waals surface area contributed by atoms with Gasteiger partial charge in [0.1, 0.15) is 0 Å². The summed E-state index contributed by atoms with van der Waals surface area (Å²) in [5.41, 5.74) is -1.37. The van der Waals surface area contributed by atoms with Crippen LogP contribution in [-0.4, -0.2) is 46.5 Å². The van der Waals surface area contributed by atoms with E-state index >= 15 is 0 Å². The van der Waals surface area contributed by atoms with Gasteiger partial charge >= 0.3 is 0 Å². The summed E-state index contributed by atoms with van der Waals surface area (Å²) < 4.78 is 0. The Bertz CT molecular complexity index is 706. The van der Waals surface area contributed by atoms with Gasteiger partial charge in [0.25, 0.3) is 0 Å². The fourth-order valence-corrected chi connectivity index (χ4v) is 4.96. The van der Waals surface area contributed by atoms with Crippen LogP contribution in [0.1, 0.15) is 39.5 Å². The molecule has 0 aromatic heterocycles. The third-order valence-corrected chi connectivity index (χ3v) is 6.84. The zero-order chi connectivity index (χ0) is 18.7. The fraction of sp³-hybridized carbons (Fsp3) is 0.600. The van der Waals surface area contributed by atoms with Gasteiger partial charge in [-0.3, -0.25) is 29.0 Å². The number of amides is 4. The van der Waals surface area contributed by atoms with Crippen LogP contribution in [0.15, 0.2) is 24.3 Å². The molecule has 0 saturated carbocycles. The number of hydrogen-bond acceptors (Lipinski definition) is 4. The third-order valence-electron chi connectivity index (χ3n) is 6.84. The van der Waals surface area contributed by atoms with Crippen molar-refractivity contribution in [2.45, 2.75) is 39.5 Å². The number of likely N-dealkylation sites (tertiary alicyclic amines) is 2. The smallest absolute Gasteiger partial charge is 0.236 e. The Morgan fingerprint density at radius 3 is 1.50 bits per heavy atom. The molecule has 2 fully saturated rings. The lowest BCUT2D eigenvalue weighted by Gasteiger charge is -2.28. The first-order valence-corrected chi connectivity index (χ1v) is 9.32. The summed E-state index contributed by atoms with van der Waals surface area (Å²) >= 11 is 0. The first-order valence-electron chi connectivity index (χ1n) is 9.32. The lowest BCUT2D eigenvalue weighted by molar-refractivity contribution is -0.146. The molecule has 6 nitrogen and oxygen atoms in total. The van der Waals surface area contributed by atoms with Crippen LogP contribution in [0.25, 0.3) is 0 Å². The van der Waals surface area contributed by atoms with Crippen LogP contribution in [0.2, 0.25) is 0 Å². The van der Waals surface area contributed by atoms with E-state index in [2.05, 4.69) is 0 Å². The maximum absolute atomic E-state index is 12.8. The molecule has 4 atom stereocenters. The Kier molecular flexibility index (Phi) is 3.72. The molecular weight excluding hydrogens is 332 g/mol. The second-order valence-electron chi connectivity index (χ2n) is 8.35. The number of allylic oxidation sites excluding steroid dienone is 4. The van der Waals surface area contributed by atoms with Crippen LogP contribution in [0.4, 0.5) is 0 Å². The summed E-state index contributed by atoms with van der Waals surface area (Å²) in [7, 11) is 0. The van der Waals surface area contributed by atoms with E-state index in [0.717, 1.165) is 0 Å². The molecule has 0 N–H and O–H groups in total. The summed E-state index contributed by atoms with van der Waals surface area (Å²) in [6.45, 7) is 3.87. The molecule has 0 radical (unpaired) electrons. The van der Waals surface area contributed by atoms with Crippen LogP contribution < -0.4 is 0 Å². The van der Waals surface area contributed by atoms with Crippen molar-refractivity contribution < 1.29 is 19.2 Å². The van der Waals surface area contributed by atoms with Gasteiger partial charge in [-0.1, -0.05) is 24.3 Å². The van der Waals surface area contributed by atoms with E-state index in [0.29, 0.717) is 25.7 Å². The van der Waals surface area contributed by atoms with E-state index in [1.54, 1.807) is 0 Å². The van der Waals surface area contributed by atoms with Gasteiger partial charge in [-0.25, -0.2) is 0 Å². The number of carbonyl (C=O) groups is 4. The average Bonchev–Trinajstić information content (AvgIpc) is 2.93. The Hall–Kier alpha value is -2.24. The zero-order valence-electron chi connectivity index (χ0n) is 15.2. The van der Waals surface area contributed by atoms with Crippen molar-refractivity contribution in [3.05, 3.63) is 24.3 Å². The van der Waals surface area contributed by atoms with Gasteiger partial charge in [-0.15, -0.1) is 0 Å². The summed E-state index contributed by atoms with van der Waals surface area (Å²) in [6, 6.07) is 0. The summed E-state index contributed by atoms with van der Waals surface area (Å²) in [5, 5.41) is 0. The summed E-state index contributed by atoms with van der Waals surface area (Å²) in [6.07, 6.45) is 10.1. The van der Waals surface area contributed by atoms with Crippen molar-refractivity contribution in [1.82, 2.24) is 9.80 Å². The van der Waals surface area contributed by atoms with Crippen LogP contribution in [0.5, 0.6) is 0 Å². The molecule has 2 saturated heterocycles. The topological polar surface area (TPSA) is 74.8 Å². The average molecular weight is 356 g/mol. The van der Waals surface area contributed by atoms with Gasteiger partial charge in [0.2, 0.25) is 23.6 Å². The van der Waals surface area contributed by atoms with Gasteiger partial charge in [-0.05, 0) is 39.5 Å². The lowest BCUT2D eigenvalue weighted by Crippen LogP contribution is -2.43. The largest absolute Gasteiger partial charge is 0.280 e. The Balaban J connectivity index is 1.50. The lowest BCUT2D eigenvalue weighted by atomic mass is 9.72. The predicted octanol–water partition coefficient (Wildman–Crippen LogP) is 1.67. The van der Waals surface area contributed by atoms with Crippen LogP contribution in [-0.2, 0) is 19.2 Å². The fourth-order valence-electron chi connectivity index (χ4n) is 4.96. The molecule has 26 heavy (non-hydrogen) atoms. The van der Waals surface area contributed by atoms with Crippen LogP contribution >= 0.6 is 0 Å². The molecule has 0 unspecified atom stereocenters. The van der Waals surface area contributed by atoms with Crippen molar-refractivity contribution >= 4 is 23.6 Å². The minimum atomic E-state index is -0.686. The Labute approximate surface area is 152 Å². The zero-order valence-corrected chi connectivity index (χ0v) is 15.2. The normalized spacial score (nSPS) is 39.0. The standard InChI is InChI=1S/C20H24N2O4/c1-19-9-5-3-7-13(19)15(23)21(17(19)25)11-12-22-16(24)14-8-4-6-10-20(14,2)18(22)26/h3-6,13-14H,7-12H2,1-2H3/t13-,14-,19+,20+/m1/s1. The van der Waals surface area contributed by atoms with Crippen molar-refractivity contribution in [3.63, 3.8) is 0 Å². The van der Waals surface area contributed by atoms with E-state index in [9.17, 15) is 19.2 Å². The molecule has 0 aromatic rings. The summed E-state index contributed by atoms with van der Waals surface area (Å²) in [4.78, 5) is 53.6. The highest BCUT2D eigenvalue weighted by molar-refractivity contribution is 6.09. The van der Waals surface area contributed by atoms with E-state index < -0.39 is 10.8 Å². The first kappa shape index (κ1) is 17.2.